The third-order valence-electron chi connectivity index (χ3n) is 8.08. The second-order valence-electron chi connectivity index (χ2n) is 10.3. The molecule has 3 fully saturated rings. The SMILES string of the molecule is C=CCN(CCCC)C(=O)C1N([C@@H](CO)Cc2ccccc2)C(=O)[C@@H]2[C@H](C(=O)O)[C@]3(C)CCC12O3. The van der Waals surface area contributed by atoms with Crippen LogP contribution in [0.3, 0.4) is 0 Å². The van der Waals surface area contributed by atoms with E-state index in [9.17, 15) is 24.6 Å². The molecule has 3 heterocycles. The second-order valence-corrected chi connectivity index (χ2v) is 10.3. The van der Waals surface area contributed by atoms with Crippen LogP contribution < -0.4 is 0 Å². The van der Waals surface area contributed by atoms with Crippen LogP contribution in [0, 0.1) is 11.8 Å². The average Bonchev–Trinajstić information content (AvgIpc) is 3.41. The van der Waals surface area contributed by atoms with Gasteiger partial charge in [0.2, 0.25) is 11.8 Å². The molecule has 190 valence electrons. The average molecular weight is 485 g/mol. The van der Waals surface area contributed by atoms with Crippen LogP contribution >= 0.6 is 0 Å². The number of amides is 2. The Labute approximate surface area is 206 Å². The number of hydrogen-bond acceptors (Lipinski definition) is 5. The van der Waals surface area contributed by atoms with E-state index < -0.39 is 47.0 Å². The molecule has 6 atom stereocenters. The van der Waals surface area contributed by atoms with Gasteiger partial charge in [-0.2, -0.15) is 0 Å². The maximum atomic E-state index is 14.2. The van der Waals surface area contributed by atoms with Crippen LogP contribution in [-0.4, -0.2) is 80.8 Å². The van der Waals surface area contributed by atoms with E-state index in [2.05, 4.69) is 6.58 Å². The number of aliphatic hydroxyl groups excluding tert-OH is 1. The summed E-state index contributed by atoms with van der Waals surface area (Å²) in [6.07, 6.45) is 4.58. The molecule has 2 amide bonds. The minimum atomic E-state index is -1.22. The molecule has 4 rings (SSSR count). The van der Waals surface area contributed by atoms with Gasteiger partial charge in [0, 0.05) is 13.1 Å². The molecular formula is C27H36N2O6. The van der Waals surface area contributed by atoms with Gasteiger partial charge in [-0.1, -0.05) is 49.8 Å². The lowest BCUT2D eigenvalue weighted by Crippen LogP contribution is -2.59. The van der Waals surface area contributed by atoms with E-state index in [1.807, 2.05) is 37.3 Å². The number of fused-ring (bicyclic) bond motifs is 1. The number of aliphatic carboxylic acids is 1. The summed E-state index contributed by atoms with van der Waals surface area (Å²) in [6.45, 7) is 8.05. The van der Waals surface area contributed by atoms with Crippen LogP contribution in [0.1, 0.15) is 45.1 Å². The molecule has 0 aliphatic carbocycles. The number of hydrogen-bond donors (Lipinski definition) is 2. The number of rotatable bonds is 11. The topological polar surface area (TPSA) is 107 Å². The summed E-state index contributed by atoms with van der Waals surface area (Å²) < 4.78 is 6.46. The zero-order valence-electron chi connectivity index (χ0n) is 20.6. The minimum absolute atomic E-state index is 0.268. The summed E-state index contributed by atoms with van der Waals surface area (Å²) >= 11 is 0. The molecule has 3 aliphatic heterocycles. The summed E-state index contributed by atoms with van der Waals surface area (Å²) in [7, 11) is 0. The van der Waals surface area contributed by atoms with Gasteiger partial charge in [-0.3, -0.25) is 14.4 Å². The van der Waals surface area contributed by atoms with Crippen molar-refractivity contribution in [3.8, 4) is 0 Å². The van der Waals surface area contributed by atoms with Crippen LogP contribution in [0.15, 0.2) is 43.0 Å². The van der Waals surface area contributed by atoms with Gasteiger partial charge in [0.25, 0.3) is 0 Å². The lowest BCUT2D eigenvalue weighted by Gasteiger charge is -2.39. The van der Waals surface area contributed by atoms with E-state index in [1.54, 1.807) is 17.9 Å². The van der Waals surface area contributed by atoms with E-state index in [-0.39, 0.29) is 12.5 Å². The molecule has 8 nitrogen and oxygen atoms in total. The number of carboxylic acids is 1. The van der Waals surface area contributed by atoms with E-state index >= 15 is 0 Å². The van der Waals surface area contributed by atoms with Crippen molar-refractivity contribution >= 4 is 17.8 Å². The number of ether oxygens (including phenoxy) is 1. The number of likely N-dealkylation sites (tertiary alicyclic amines) is 1. The Balaban J connectivity index is 1.79. The maximum absolute atomic E-state index is 14.2. The van der Waals surface area contributed by atoms with E-state index in [4.69, 9.17) is 4.74 Å². The summed E-state index contributed by atoms with van der Waals surface area (Å²) in [5, 5.41) is 20.5. The Morgan fingerprint density at radius 1 is 1.31 bits per heavy atom. The van der Waals surface area contributed by atoms with Gasteiger partial charge in [0.15, 0.2) is 0 Å². The first-order valence-corrected chi connectivity index (χ1v) is 12.5. The fourth-order valence-electron chi connectivity index (χ4n) is 6.52. The number of carbonyl (C=O) groups excluding carboxylic acids is 2. The second kappa shape index (κ2) is 9.74. The Morgan fingerprint density at radius 2 is 2.03 bits per heavy atom. The van der Waals surface area contributed by atoms with Gasteiger partial charge < -0.3 is 24.7 Å². The predicted octanol–water partition coefficient (Wildman–Crippen LogP) is 2.25. The van der Waals surface area contributed by atoms with Gasteiger partial charge >= 0.3 is 5.97 Å². The Hall–Kier alpha value is -2.71. The first-order chi connectivity index (χ1) is 16.7. The molecule has 35 heavy (non-hydrogen) atoms. The zero-order valence-corrected chi connectivity index (χ0v) is 20.6. The summed E-state index contributed by atoms with van der Waals surface area (Å²) in [4.78, 5) is 43.7. The molecule has 2 bridgehead atoms. The van der Waals surface area contributed by atoms with Gasteiger partial charge in [-0.05, 0) is 38.2 Å². The number of aliphatic hydroxyl groups is 1. The third kappa shape index (κ3) is 4.06. The van der Waals surface area contributed by atoms with Gasteiger partial charge in [0.05, 0.1) is 30.1 Å². The van der Waals surface area contributed by atoms with Crippen molar-refractivity contribution in [1.29, 1.82) is 0 Å². The first-order valence-electron chi connectivity index (χ1n) is 12.5. The van der Waals surface area contributed by atoms with Crippen molar-refractivity contribution in [2.75, 3.05) is 19.7 Å². The van der Waals surface area contributed by atoms with Crippen molar-refractivity contribution < 1.29 is 29.3 Å². The number of nitrogens with zero attached hydrogens (tertiary/aromatic N) is 2. The molecule has 8 heteroatoms. The van der Waals surface area contributed by atoms with Crippen molar-refractivity contribution in [1.82, 2.24) is 9.80 Å². The number of benzene rings is 1. The van der Waals surface area contributed by atoms with Crippen LogP contribution in [0.25, 0.3) is 0 Å². The molecular weight excluding hydrogens is 448 g/mol. The maximum Gasteiger partial charge on any atom is 0.310 e. The molecule has 3 aliphatic rings. The molecule has 2 N–H and O–H groups in total. The molecule has 1 aromatic rings. The molecule has 2 unspecified atom stereocenters. The standard InChI is InChI=1S/C27H36N2O6/c1-4-6-15-28(14-5-2)24(32)22-27-13-12-26(3,35-27)21(25(33)34)20(27)23(31)29(22)19(17-30)16-18-10-8-7-9-11-18/h5,7-11,19-22,30H,2,4,6,12-17H2,1,3H3,(H,33,34)/t19-,20+,21-,22?,26+,27?/m1/s1. The lowest BCUT2D eigenvalue weighted by atomic mass is 9.66. The zero-order chi connectivity index (χ0) is 25.4. The molecule has 0 aromatic heterocycles. The third-order valence-corrected chi connectivity index (χ3v) is 8.08. The Morgan fingerprint density at radius 3 is 2.63 bits per heavy atom. The van der Waals surface area contributed by atoms with Crippen molar-refractivity contribution in [2.45, 2.75) is 69.2 Å². The highest BCUT2D eigenvalue weighted by molar-refractivity contribution is 5.98. The highest BCUT2D eigenvalue weighted by Gasteiger charge is 2.78. The van der Waals surface area contributed by atoms with E-state index in [1.165, 1.54) is 4.90 Å². The first kappa shape index (κ1) is 25.4. The summed E-state index contributed by atoms with van der Waals surface area (Å²) in [5.74, 6) is -3.77. The largest absolute Gasteiger partial charge is 0.481 e. The molecule has 3 saturated heterocycles. The molecule has 1 aromatic carbocycles. The van der Waals surface area contributed by atoms with Crippen LogP contribution in [0.4, 0.5) is 0 Å². The van der Waals surface area contributed by atoms with Crippen molar-refractivity contribution in [2.24, 2.45) is 11.8 Å². The normalized spacial score (nSPS) is 31.9. The Bertz CT molecular complexity index is 983. The Kier molecular flexibility index (Phi) is 7.06. The number of carboxylic acid groups (broad SMARTS) is 1. The van der Waals surface area contributed by atoms with Crippen molar-refractivity contribution in [3.63, 3.8) is 0 Å². The number of unbranched alkanes of at least 4 members (excludes halogenated alkanes) is 1. The fraction of sp³-hybridized carbons (Fsp3) is 0.593. The fourth-order valence-corrected chi connectivity index (χ4v) is 6.52. The predicted molar refractivity (Wildman–Crippen MR) is 129 cm³/mol. The lowest BCUT2D eigenvalue weighted by molar-refractivity contribution is -0.158. The van der Waals surface area contributed by atoms with Crippen LogP contribution in [0.5, 0.6) is 0 Å². The summed E-state index contributed by atoms with van der Waals surface area (Å²) in [6, 6.07) is 7.80. The van der Waals surface area contributed by atoms with Gasteiger partial charge in [-0.25, -0.2) is 0 Å². The van der Waals surface area contributed by atoms with E-state index in [0.717, 1.165) is 18.4 Å². The van der Waals surface area contributed by atoms with Crippen LogP contribution in [-0.2, 0) is 25.5 Å². The summed E-state index contributed by atoms with van der Waals surface area (Å²) in [5.41, 5.74) is -1.31. The number of carbonyl (C=O) groups is 3. The monoisotopic (exact) mass is 484 g/mol. The quantitative estimate of drug-likeness (QED) is 0.467. The highest BCUT2D eigenvalue weighted by Crippen LogP contribution is 2.63. The molecule has 1 spiro atoms. The van der Waals surface area contributed by atoms with Gasteiger partial charge in [-0.15, -0.1) is 6.58 Å². The van der Waals surface area contributed by atoms with E-state index in [0.29, 0.717) is 32.4 Å². The molecule has 0 radical (unpaired) electrons. The highest BCUT2D eigenvalue weighted by atomic mass is 16.5. The van der Waals surface area contributed by atoms with Gasteiger partial charge in [0.1, 0.15) is 11.6 Å². The van der Waals surface area contributed by atoms with Crippen LogP contribution in [0.2, 0.25) is 0 Å². The minimum Gasteiger partial charge on any atom is -0.481 e. The van der Waals surface area contributed by atoms with Crippen molar-refractivity contribution in [3.05, 3.63) is 48.6 Å². The smallest absolute Gasteiger partial charge is 0.310 e. The molecule has 0 saturated carbocycles.